The third-order valence-electron chi connectivity index (χ3n) is 5.45. The van der Waals surface area contributed by atoms with Crippen molar-refractivity contribution in [3.63, 3.8) is 0 Å². The van der Waals surface area contributed by atoms with Crippen LogP contribution in [0.3, 0.4) is 0 Å². The van der Waals surface area contributed by atoms with E-state index in [1.807, 2.05) is 54.6 Å². The highest BCUT2D eigenvalue weighted by atomic mass is 16.5. The summed E-state index contributed by atoms with van der Waals surface area (Å²) >= 11 is 0. The van der Waals surface area contributed by atoms with Crippen LogP contribution in [0.5, 0.6) is 0 Å². The monoisotopic (exact) mass is 465 g/mol. The Morgan fingerprint density at radius 3 is 2.49 bits per heavy atom. The number of nitrogens with zero attached hydrogens (tertiary/aromatic N) is 5. The molecule has 5 rings (SSSR count). The Kier molecular flexibility index (Phi) is 5.96. The number of fused-ring (bicyclic) bond motifs is 1. The Labute approximate surface area is 199 Å². The first kappa shape index (κ1) is 21.9. The van der Waals surface area contributed by atoms with E-state index in [9.17, 15) is 9.59 Å². The molecule has 0 aliphatic rings. The van der Waals surface area contributed by atoms with Crippen molar-refractivity contribution >= 4 is 22.8 Å². The summed E-state index contributed by atoms with van der Waals surface area (Å²) in [6, 6.07) is 23.7. The van der Waals surface area contributed by atoms with Gasteiger partial charge in [0.25, 0.3) is 0 Å². The maximum Gasteiger partial charge on any atom is 0.340 e. The van der Waals surface area contributed by atoms with Gasteiger partial charge in [-0.25, -0.2) is 19.3 Å². The number of para-hydroxylation sites is 1. The molecule has 2 aromatic heterocycles. The number of methoxy groups -OCH3 is 1. The molecule has 0 saturated heterocycles. The summed E-state index contributed by atoms with van der Waals surface area (Å²) in [6.45, 7) is -0.219. The lowest BCUT2D eigenvalue weighted by molar-refractivity contribution is 0.0456. The molecule has 0 saturated carbocycles. The third kappa shape index (κ3) is 4.34. The van der Waals surface area contributed by atoms with Crippen LogP contribution in [-0.2, 0) is 16.1 Å². The maximum atomic E-state index is 12.9. The molecule has 3 aromatic carbocycles. The minimum Gasteiger partial charge on any atom is -0.465 e. The second-order valence-corrected chi connectivity index (χ2v) is 7.56. The summed E-state index contributed by atoms with van der Waals surface area (Å²) < 4.78 is 12.1. The van der Waals surface area contributed by atoms with E-state index >= 15 is 0 Å². The van der Waals surface area contributed by atoms with Gasteiger partial charge in [0.05, 0.1) is 35.1 Å². The first-order chi connectivity index (χ1) is 17.2. The first-order valence-electron chi connectivity index (χ1n) is 10.7. The van der Waals surface area contributed by atoms with Crippen LogP contribution in [0.2, 0.25) is 0 Å². The number of carbonyl (C=O) groups excluding carboxylic acids is 2. The second kappa shape index (κ2) is 9.52. The zero-order valence-corrected chi connectivity index (χ0v) is 18.7. The Bertz CT molecular complexity index is 1520. The van der Waals surface area contributed by atoms with Crippen molar-refractivity contribution in [1.82, 2.24) is 25.2 Å². The van der Waals surface area contributed by atoms with Crippen molar-refractivity contribution < 1.29 is 19.1 Å². The molecule has 35 heavy (non-hydrogen) atoms. The van der Waals surface area contributed by atoms with Gasteiger partial charge in [-0.05, 0) is 40.3 Å². The van der Waals surface area contributed by atoms with Crippen molar-refractivity contribution in [1.29, 1.82) is 0 Å². The lowest BCUT2D eigenvalue weighted by atomic mass is 9.94. The first-order valence-corrected chi connectivity index (χ1v) is 10.7. The molecule has 2 heterocycles. The highest BCUT2D eigenvalue weighted by molar-refractivity contribution is 6.07. The van der Waals surface area contributed by atoms with E-state index < -0.39 is 11.9 Å². The highest BCUT2D eigenvalue weighted by Gasteiger charge is 2.24. The number of carbonyl (C=O) groups is 2. The van der Waals surface area contributed by atoms with Gasteiger partial charge in [0.15, 0.2) is 0 Å². The molecule has 0 aliphatic carbocycles. The summed E-state index contributed by atoms with van der Waals surface area (Å²) in [5.41, 5.74) is 3.65. The number of pyridine rings is 1. The summed E-state index contributed by atoms with van der Waals surface area (Å²) in [7, 11) is 1.31. The van der Waals surface area contributed by atoms with E-state index in [1.165, 1.54) is 18.1 Å². The number of rotatable bonds is 6. The fraction of sp³-hybridized carbons (Fsp3) is 0.0769. The van der Waals surface area contributed by atoms with Gasteiger partial charge >= 0.3 is 11.9 Å². The molecule has 9 heteroatoms. The molecule has 0 fully saturated rings. The number of esters is 2. The van der Waals surface area contributed by atoms with Gasteiger partial charge < -0.3 is 9.47 Å². The van der Waals surface area contributed by atoms with Crippen LogP contribution < -0.4 is 0 Å². The van der Waals surface area contributed by atoms with E-state index in [0.717, 1.165) is 10.9 Å². The molecule has 0 bridgehead atoms. The SMILES string of the molecule is COC(=O)c1c(COC(=O)c2cccc(-n3cnnn3)c2)nc2ccccc2c1-c1ccccc1. The van der Waals surface area contributed by atoms with Crippen LogP contribution >= 0.6 is 0 Å². The standard InChI is InChI=1S/C26H19N5O4/c1-34-26(33)24-22(15-35-25(32)18-10-7-11-19(14-18)31-16-27-29-30-31)28-21-13-6-5-12-20(21)23(24)17-8-3-2-4-9-17/h2-14,16H,15H2,1H3. The molecular weight excluding hydrogens is 446 g/mol. The van der Waals surface area contributed by atoms with Crippen molar-refractivity contribution in [2.45, 2.75) is 6.61 Å². The molecule has 0 aliphatic heterocycles. The Morgan fingerprint density at radius 2 is 1.71 bits per heavy atom. The second-order valence-electron chi connectivity index (χ2n) is 7.56. The van der Waals surface area contributed by atoms with Gasteiger partial charge in [-0.1, -0.05) is 54.6 Å². The predicted molar refractivity (Wildman–Crippen MR) is 127 cm³/mol. The van der Waals surface area contributed by atoms with Crippen molar-refractivity contribution in [3.8, 4) is 16.8 Å². The molecule has 0 radical (unpaired) electrons. The molecule has 0 amide bonds. The quantitative estimate of drug-likeness (QED) is 0.346. The molecule has 9 nitrogen and oxygen atoms in total. The van der Waals surface area contributed by atoms with Gasteiger partial charge in [0.2, 0.25) is 0 Å². The zero-order chi connectivity index (χ0) is 24.2. The Balaban J connectivity index is 1.54. The summed E-state index contributed by atoms with van der Waals surface area (Å²) in [6.07, 6.45) is 1.43. The smallest absolute Gasteiger partial charge is 0.340 e. The van der Waals surface area contributed by atoms with E-state index in [2.05, 4.69) is 20.5 Å². The minimum absolute atomic E-state index is 0.219. The van der Waals surface area contributed by atoms with Crippen LogP contribution in [0.15, 0.2) is 85.2 Å². The topological polar surface area (TPSA) is 109 Å². The van der Waals surface area contributed by atoms with Gasteiger partial charge in [-0.3, -0.25) is 0 Å². The summed E-state index contributed by atoms with van der Waals surface area (Å²) in [5.74, 6) is -1.14. The largest absolute Gasteiger partial charge is 0.465 e. The van der Waals surface area contributed by atoms with Gasteiger partial charge in [-0.15, -0.1) is 5.10 Å². The van der Waals surface area contributed by atoms with Crippen LogP contribution in [0.4, 0.5) is 0 Å². The Hall–Kier alpha value is -4.92. The molecule has 0 spiro atoms. The number of benzene rings is 3. The van der Waals surface area contributed by atoms with Crippen LogP contribution in [0, 0.1) is 0 Å². The fourth-order valence-corrected chi connectivity index (χ4v) is 3.87. The van der Waals surface area contributed by atoms with Gasteiger partial charge in [0, 0.05) is 10.9 Å². The normalized spacial score (nSPS) is 10.8. The number of hydrogen-bond donors (Lipinski definition) is 0. The van der Waals surface area contributed by atoms with E-state index in [0.29, 0.717) is 28.0 Å². The van der Waals surface area contributed by atoms with Gasteiger partial charge in [-0.2, -0.15) is 0 Å². The third-order valence-corrected chi connectivity index (χ3v) is 5.45. The van der Waals surface area contributed by atoms with Crippen LogP contribution in [0.1, 0.15) is 26.4 Å². The minimum atomic E-state index is -0.577. The molecule has 5 aromatic rings. The molecular formula is C26H19N5O4. The summed E-state index contributed by atoms with van der Waals surface area (Å²) in [5, 5.41) is 11.8. The number of tetrazole rings is 1. The fourth-order valence-electron chi connectivity index (χ4n) is 3.87. The van der Waals surface area contributed by atoms with Crippen molar-refractivity contribution in [2.75, 3.05) is 7.11 Å². The molecule has 172 valence electrons. The maximum absolute atomic E-state index is 12.9. The van der Waals surface area contributed by atoms with E-state index in [4.69, 9.17) is 9.47 Å². The molecule has 0 unspecified atom stereocenters. The molecule has 0 atom stereocenters. The highest BCUT2D eigenvalue weighted by Crippen LogP contribution is 2.34. The number of ether oxygens (including phenoxy) is 2. The average Bonchev–Trinajstić information content (AvgIpc) is 3.46. The predicted octanol–water partition coefficient (Wildman–Crippen LogP) is 4.02. The van der Waals surface area contributed by atoms with Gasteiger partial charge in [0.1, 0.15) is 12.9 Å². The molecule has 0 N–H and O–H groups in total. The number of hydrogen-bond acceptors (Lipinski definition) is 8. The van der Waals surface area contributed by atoms with Crippen LogP contribution in [-0.4, -0.2) is 44.2 Å². The number of aromatic nitrogens is 5. The van der Waals surface area contributed by atoms with E-state index in [1.54, 1.807) is 24.3 Å². The Morgan fingerprint density at radius 1 is 0.914 bits per heavy atom. The van der Waals surface area contributed by atoms with Crippen molar-refractivity contribution in [3.05, 3.63) is 102 Å². The van der Waals surface area contributed by atoms with E-state index in [-0.39, 0.29) is 12.2 Å². The summed E-state index contributed by atoms with van der Waals surface area (Å²) in [4.78, 5) is 30.5. The lowest BCUT2D eigenvalue weighted by Crippen LogP contribution is -2.14. The van der Waals surface area contributed by atoms with Crippen LogP contribution in [0.25, 0.3) is 27.7 Å². The average molecular weight is 465 g/mol. The van der Waals surface area contributed by atoms with Crippen molar-refractivity contribution in [2.24, 2.45) is 0 Å². The lowest BCUT2D eigenvalue weighted by Gasteiger charge is -2.16. The zero-order valence-electron chi connectivity index (χ0n) is 18.7.